The summed E-state index contributed by atoms with van der Waals surface area (Å²) in [6.45, 7) is 4.45. The van der Waals surface area contributed by atoms with Crippen molar-refractivity contribution in [2.75, 3.05) is 0 Å². The molecule has 0 spiro atoms. The Bertz CT molecular complexity index is 834. The van der Waals surface area contributed by atoms with Gasteiger partial charge in [0.1, 0.15) is 5.75 Å². The highest BCUT2D eigenvalue weighted by atomic mass is 32.2. The van der Waals surface area contributed by atoms with E-state index in [0.717, 1.165) is 31.3 Å². The van der Waals surface area contributed by atoms with Crippen LogP contribution in [0.1, 0.15) is 155 Å². The number of rotatable bonds is 25. The first-order chi connectivity index (χ1) is 18.4. The van der Waals surface area contributed by atoms with Crippen molar-refractivity contribution >= 4 is 10.1 Å². The topological polar surface area (TPSA) is 63.6 Å². The predicted octanol–water partition coefficient (Wildman–Crippen LogP) is 11.1. The maximum Gasteiger partial charge on any atom is 0.294 e. The van der Waals surface area contributed by atoms with Crippen molar-refractivity contribution in [2.24, 2.45) is 0 Å². The number of hydrogen-bond donors (Lipinski definition) is 1. The molecule has 1 N–H and O–H groups in total. The summed E-state index contributed by atoms with van der Waals surface area (Å²) in [7, 11) is -4.28. The molecule has 0 radical (unpaired) electrons. The Kier molecular flexibility index (Phi) is 20.4. The van der Waals surface area contributed by atoms with Gasteiger partial charge in [0.2, 0.25) is 0 Å². The summed E-state index contributed by atoms with van der Waals surface area (Å²) in [5.74, 6) is 0.231. The van der Waals surface area contributed by atoms with Crippen molar-refractivity contribution in [3.05, 3.63) is 35.9 Å². The molecule has 0 saturated heterocycles. The molecule has 0 aliphatic heterocycles. The summed E-state index contributed by atoms with van der Waals surface area (Å²) in [5.41, 5.74) is 0.718. The van der Waals surface area contributed by atoms with E-state index in [2.05, 4.69) is 13.8 Å². The minimum Gasteiger partial charge on any atom is -0.432 e. The van der Waals surface area contributed by atoms with Gasteiger partial charge in [-0.3, -0.25) is 4.55 Å². The molecular weight excluding hydrogens is 499 g/mol. The van der Waals surface area contributed by atoms with Crippen LogP contribution in [-0.2, 0) is 10.1 Å². The average Bonchev–Trinajstić information content (AvgIpc) is 2.89. The maximum atomic E-state index is 15.0. The first-order valence-corrected chi connectivity index (χ1v) is 17.0. The minimum atomic E-state index is -4.28. The van der Waals surface area contributed by atoms with Crippen LogP contribution < -0.4 is 4.74 Å². The van der Waals surface area contributed by atoms with Crippen LogP contribution in [0.25, 0.3) is 0 Å². The lowest BCUT2D eigenvalue weighted by atomic mass is 10.00. The molecule has 0 aliphatic rings. The summed E-state index contributed by atoms with van der Waals surface area (Å²) in [4.78, 5) is -0.233. The molecular formula is C32H55FO4S. The van der Waals surface area contributed by atoms with E-state index in [4.69, 9.17) is 9.29 Å². The molecule has 0 unspecified atom stereocenters. The first kappa shape index (κ1) is 34.6. The predicted molar refractivity (Wildman–Crippen MR) is 158 cm³/mol. The van der Waals surface area contributed by atoms with Crippen LogP contribution in [-0.4, -0.2) is 13.0 Å². The third kappa shape index (κ3) is 18.0. The molecule has 1 rings (SSSR count). The van der Waals surface area contributed by atoms with Gasteiger partial charge in [0.25, 0.3) is 16.1 Å². The van der Waals surface area contributed by atoms with Crippen LogP contribution in [0, 0.1) is 0 Å². The highest BCUT2D eigenvalue weighted by Crippen LogP contribution is 2.26. The second-order valence-electron chi connectivity index (χ2n) is 10.8. The van der Waals surface area contributed by atoms with Gasteiger partial charge in [0.15, 0.2) is 0 Å². The second-order valence-corrected chi connectivity index (χ2v) is 12.2. The Balaban J connectivity index is 2.33. The first-order valence-electron chi connectivity index (χ1n) is 15.5. The van der Waals surface area contributed by atoms with Crippen LogP contribution in [0.2, 0.25) is 0 Å². The smallest absolute Gasteiger partial charge is 0.294 e. The summed E-state index contributed by atoms with van der Waals surface area (Å²) < 4.78 is 52.0. The minimum absolute atomic E-state index is 0.231. The third-order valence-corrected chi connectivity index (χ3v) is 8.14. The quantitative estimate of drug-likeness (QED) is 0.0741. The molecule has 4 nitrogen and oxygen atoms in total. The number of benzene rings is 1. The lowest BCUT2D eigenvalue weighted by molar-refractivity contribution is 0.288. The molecule has 0 aromatic heterocycles. The third-order valence-electron chi connectivity index (χ3n) is 7.27. The fourth-order valence-electron chi connectivity index (χ4n) is 4.83. The number of allylic oxidation sites excluding steroid dienone is 1. The van der Waals surface area contributed by atoms with Gasteiger partial charge < -0.3 is 4.74 Å². The van der Waals surface area contributed by atoms with Gasteiger partial charge in [-0.25, -0.2) is 0 Å². The summed E-state index contributed by atoms with van der Waals surface area (Å²) in [6.07, 6.45) is 26.6. The Morgan fingerprint density at radius 3 is 1.32 bits per heavy atom. The highest BCUT2D eigenvalue weighted by Gasteiger charge is 2.12. The summed E-state index contributed by atoms with van der Waals surface area (Å²) >= 11 is 0. The van der Waals surface area contributed by atoms with Gasteiger partial charge in [0, 0.05) is 5.57 Å². The van der Waals surface area contributed by atoms with E-state index in [9.17, 15) is 8.42 Å². The second kappa shape index (κ2) is 22.4. The van der Waals surface area contributed by atoms with Gasteiger partial charge >= 0.3 is 0 Å². The zero-order valence-electron chi connectivity index (χ0n) is 24.3. The van der Waals surface area contributed by atoms with E-state index < -0.39 is 16.1 Å². The number of ether oxygens (including phenoxy) is 1. The van der Waals surface area contributed by atoms with Crippen molar-refractivity contribution in [1.82, 2.24) is 0 Å². The van der Waals surface area contributed by atoms with Gasteiger partial charge in [-0.1, -0.05) is 129 Å². The van der Waals surface area contributed by atoms with Crippen LogP contribution >= 0.6 is 0 Å². The van der Waals surface area contributed by atoms with Crippen molar-refractivity contribution in [3.63, 3.8) is 0 Å². The van der Waals surface area contributed by atoms with E-state index >= 15 is 4.39 Å². The summed E-state index contributed by atoms with van der Waals surface area (Å²) in [5, 5.41) is 0. The number of hydrogen-bond acceptors (Lipinski definition) is 3. The lowest BCUT2D eigenvalue weighted by Gasteiger charge is -2.11. The van der Waals surface area contributed by atoms with Crippen LogP contribution in [0.4, 0.5) is 4.39 Å². The average molecular weight is 555 g/mol. The largest absolute Gasteiger partial charge is 0.432 e. The zero-order valence-corrected chi connectivity index (χ0v) is 25.1. The standard InChI is InChI=1S/C32H55FO4S/c1-3-5-7-9-10-11-12-13-14-15-16-17-18-20-22-24-29(23-21-19-8-6-4-2)32(33)37-30-25-27-31(28-26-30)38(34,35)36/h25-28H,3-24H2,1-2H3,(H,34,35,36). The monoisotopic (exact) mass is 554 g/mol. The molecule has 0 atom stereocenters. The van der Waals surface area contributed by atoms with Crippen LogP contribution in [0.5, 0.6) is 5.75 Å². The Morgan fingerprint density at radius 2 is 0.974 bits per heavy atom. The molecule has 0 amide bonds. The number of halogens is 1. The highest BCUT2D eigenvalue weighted by molar-refractivity contribution is 7.85. The van der Waals surface area contributed by atoms with E-state index in [-0.39, 0.29) is 10.6 Å². The van der Waals surface area contributed by atoms with Crippen molar-refractivity contribution in [1.29, 1.82) is 0 Å². The molecule has 38 heavy (non-hydrogen) atoms. The van der Waals surface area contributed by atoms with Crippen molar-refractivity contribution in [3.8, 4) is 5.75 Å². The molecule has 1 aromatic rings. The van der Waals surface area contributed by atoms with Crippen LogP contribution in [0.15, 0.2) is 40.7 Å². The molecule has 6 heteroatoms. The van der Waals surface area contributed by atoms with E-state index in [1.165, 1.54) is 127 Å². The fourth-order valence-corrected chi connectivity index (χ4v) is 5.31. The van der Waals surface area contributed by atoms with E-state index in [1.54, 1.807) is 0 Å². The molecule has 0 bridgehead atoms. The lowest BCUT2D eigenvalue weighted by Crippen LogP contribution is -2.00. The SMILES string of the molecule is CCCCCCCCCCCCCCCCCC(CCCCCCC)=C(F)Oc1ccc(S(=O)(=O)O)cc1. The Labute approximate surface area is 233 Å². The van der Waals surface area contributed by atoms with Gasteiger partial charge in [-0.05, 0) is 49.9 Å². The molecule has 1 aromatic carbocycles. The van der Waals surface area contributed by atoms with Crippen LogP contribution in [0.3, 0.4) is 0 Å². The van der Waals surface area contributed by atoms with E-state index in [1.807, 2.05) is 0 Å². The molecule has 0 aliphatic carbocycles. The normalized spacial score (nSPS) is 12.5. The molecule has 0 saturated carbocycles. The summed E-state index contributed by atoms with van der Waals surface area (Å²) in [6, 6.07) is 4.61. The van der Waals surface area contributed by atoms with Gasteiger partial charge in [0.05, 0.1) is 4.90 Å². The van der Waals surface area contributed by atoms with Gasteiger partial charge in [-0.15, -0.1) is 0 Å². The zero-order chi connectivity index (χ0) is 27.9. The Hall–Kier alpha value is -1.40. The molecule has 0 heterocycles. The van der Waals surface area contributed by atoms with Gasteiger partial charge in [-0.2, -0.15) is 12.8 Å². The maximum absolute atomic E-state index is 15.0. The van der Waals surface area contributed by atoms with Crippen molar-refractivity contribution in [2.45, 2.75) is 160 Å². The number of unbranched alkanes of at least 4 members (excludes halogenated alkanes) is 18. The van der Waals surface area contributed by atoms with E-state index in [0.29, 0.717) is 12.8 Å². The fraction of sp³-hybridized carbons (Fsp3) is 0.750. The Morgan fingerprint density at radius 1 is 0.632 bits per heavy atom. The molecule has 0 fully saturated rings. The van der Waals surface area contributed by atoms with Crippen molar-refractivity contribution < 1.29 is 22.1 Å². The molecule has 220 valence electrons.